The molecule has 5 rings (SSSR count). The Morgan fingerprint density at radius 1 is 1.08 bits per heavy atom. The van der Waals surface area contributed by atoms with Crippen LogP contribution < -0.4 is 10.2 Å². The van der Waals surface area contributed by atoms with Crippen molar-refractivity contribution in [1.29, 1.82) is 0 Å². The molecule has 1 amide bonds. The second kappa shape index (κ2) is 11.3. The van der Waals surface area contributed by atoms with E-state index in [1.54, 1.807) is 37.4 Å². The Labute approximate surface area is 230 Å². The molecule has 210 valence electrons. The smallest absolute Gasteiger partial charge is 0.257 e. The minimum atomic E-state index is -3.74. The Kier molecular flexibility index (Phi) is 8.25. The fourth-order valence-electron chi connectivity index (χ4n) is 5.79. The van der Waals surface area contributed by atoms with Gasteiger partial charge in [0.25, 0.3) is 5.91 Å². The van der Waals surface area contributed by atoms with Crippen LogP contribution in [0.25, 0.3) is 0 Å². The van der Waals surface area contributed by atoms with Crippen molar-refractivity contribution in [3.8, 4) is 5.75 Å². The fourth-order valence-corrected chi connectivity index (χ4v) is 8.88. The average Bonchev–Trinajstić information content (AvgIpc) is 3.63. The molecule has 3 fully saturated rings. The summed E-state index contributed by atoms with van der Waals surface area (Å²) in [5, 5.41) is 4.52. The van der Waals surface area contributed by atoms with E-state index in [1.807, 2.05) is 4.90 Å². The zero-order chi connectivity index (χ0) is 27.0. The predicted molar refractivity (Wildman–Crippen MR) is 150 cm³/mol. The highest BCUT2D eigenvalue weighted by Gasteiger charge is 2.42. The van der Waals surface area contributed by atoms with Crippen LogP contribution in [-0.4, -0.2) is 116 Å². The fraction of sp³-hybridized carbons (Fsp3) is 0.692. The van der Waals surface area contributed by atoms with Gasteiger partial charge in [0.05, 0.1) is 18.6 Å². The Morgan fingerprint density at radius 3 is 2.29 bits per heavy atom. The third kappa shape index (κ3) is 5.84. The van der Waals surface area contributed by atoms with Gasteiger partial charge in [-0.1, -0.05) is 11.8 Å². The maximum atomic E-state index is 13.8. The molecular weight excluding hydrogens is 524 g/mol. The summed E-state index contributed by atoms with van der Waals surface area (Å²) in [5.74, 6) is 0.671. The van der Waals surface area contributed by atoms with E-state index in [9.17, 15) is 13.2 Å². The molecule has 3 heterocycles. The van der Waals surface area contributed by atoms with Crippen LogP contribution in [0.3, 0.4) is 0 Å². The highest BCUT2D eigenvalue weighted by Crippen LogP contribution is 2.36. The van der Waals surface area contributed by atoms with Crippen LogP contribution in [0, 0.1) is 13.8 Å². The van der Waals surface area contributed by atoms with Crippen LogP contribution in [0.2, 0.25) is 0 Å². The van der Waals surface area contributed by atoms with Gasteiger partial charge >= 0.3 is 0 Å². The number of rotatable bonds is 8. The van der Waals surface area contributed by atoms with Gasteiger partial charge in [0.15, 0.2) is 5.37 Å². The molecule has 1 saturated carbocycles. The molecule has 1 unspecified atom stereocenters. The van der Waals surface area contributed by atoms with Gasteiger partial charge in [-0.25, -0.2) is 8.42 Å². The number of benzene rings is 1. The number of piperazine rings is 1. The van der Waals surface area contributed by atoms with E-state index in [2.05, 4.69) is 27.4 Å². The van der Waals surface area contributed by atoms with E-state index < -0.39 is 15.4 Å². The van der Waals surface area contributed by atoms with Gasteiger partial charge in [-0.15, -0.1) is 0 Å². The van der Waals surface area contributed by atoms with Crippen molar-refractivity contribution >= 4 is 32.7 Å². The number of hydrogen-bond acceptors (Lipinski definition) is 9. The SMILES string of the molecule is COc1cc(C)c(S(=O)(=O)N(CC2=NNC(C(=O)N3CCN(C4CCN(C)CC4)CC3)S2)C2CC2)c(C)c1. The number of sulfonamides is 1. The van der Waals surface area contributed by atoms with Crippen molar-refractivity contribution < 1.29 is 17.9 Å². The number of methoxy groups -OCH3 is 1. The largest absolute Gasteiger partial charge is 0.497 e. The van der Waals surface area contributed by atoms with E-state index in [0.717, 1.165) is 52.1 Å². The second-order valence-corrected chi connectivity index (χ2v) is 13.9. The number of carbonyl (C=O) groups is 1. The lowest BCUT2D eigenvalue weighted by Crippen LogP contribution is -2.56. The number of hydrogen-bond donors (Lipinski definition) is 1. The van der Waals surface area contributed by atoms with E-state index in [-0.39, 0.29) is 18.5 Å². The molecule has 10 nitrogen and oxygen atoms in total. The van der Waals surface area contributed by atoms with Gasteiger partial charge in [-0.05, 0) is 82.9 Å². The molecule has 0 radical (unpaired) electrons. The summed E-state index contributed by atoms with van der Waals surface area (Å²) >= 11 is 1.34. The van der Waals surface area contributed by atoms with Gasteiger partial charge in [-0.3, -0.25) is 15.1 Å². The molecule has 12 heteroatoms. The first-order chi connectivity index (χ1) is 18.2. The van der Waals surface area contributed by atoms with Crippen LogP contribution >= 0.6 is 11.8 Å². The summed E-state index contributed by atoms with van der Waals surface area (Å²) in [4.78, 5) is 20.4. The highest BCUT2D eigenvalue weighted by molar-refractivity contribution is 8.15. The van der Waals surface area contributed by atoms with Crippen LogP contribution in [0.4, 0.5) is 0 Å². The number of hydrazone groups is 1. The van der Waals surface area contributed by atoms with Gasteiger partial charge in [0.2, 0.25) is 10.0 Å². The van der Waals surface area contributed by atoms with E-state index in [4.69, 9.17) is 4.74 Å². The van der Waals surface area contributed by atoms with E-state index >= 15 is 0 Å². The summed E-state index contributed by atoms with van der Waals surface area (Å²) in [6.45, 7) is 9.30. The first kappa shape index (κ1) is 27.7. The summed E-state index contributed by atoms with van der Waals surface area (Å²) in [7, 11) is 0.0162. The second-order valence-electron chi connectivity index (χ2n) is 10.9. The lowest BCUT2D eigenvalue weighted by atomic mass is 10.0. The number of ether oxygens (including phenoxy) is 1. The van der Waals surface area contributed by atoms with Crippen LogP contribution in [0.1, 0.15) is 36.8 Å². The molecule has 4 aliphatic rings. The van der Waals surface area contributed by atoms with Gasteiger partial charge in [0, 0.05) is 38.3 Å². The van der Waals surface area contributed by atoms with Gasteiger partial charge in [0.1, 0.15) is 10.8 Å². The maximum absolute atomic E-state index is 13.8. The molecule has 3 aliphatic heterocycles. The normalized spacial score (nSPS) is 24.0. The quantitative estimate of drug-likeness (QED) is 0.510. The lowest BCUT2D eigenvalue weighted by Gasteiger charge is -2.42. The van der Waals surface area contributed by atoms with Crippen molar-refractivity contribution in [3.05, 3.63) is 23.3 Å². The monoisotopic (exact) mass is 564 g/mol. The lowest BCUT2D eigenvalue weighted by molar-refractivity contribution is -0.133. The third-order valence-electron chi connectivity index (χ3n) is 8.10. The average molecular weight is 565 g/mol. The number of thioether (sulfide) groups is 1. The molecule has 1 N–H and O–H groups in total. The molecule has 0 aromatic heterocycles. The number of nitrogens with zero attached hydrogens (tertiary/aromatic N) is 5. The first-order valence-electron chi connectivity index (χ1n) is 13.5. The zero-order valence-electron chi connectivity index (χ0n) is 22.9. The summed E-state index contributed by atoms with van der Waals surface area (Å²) in [5.41, 5.74) is 4.31. The van der Waals surface area contributed by atoms with Gasteiger partial charge in [-0.2, -0.15) is 9.41 Å². The minimum Gasteiger partial charge on any atom is -0.497 e. The number of piperidine rings is 1. The molecule has 1 aromatic carbocycles. The number of nitrogens with one attached hydrogen (secondary N) is 1. The zero-order valence-corrected chi connectivity index (χ0v) is 24.5. The summed E-state index contributed by atoms with van der Waals surface area (Å²) < 4.78 is 34.5. The Hall–Kier alpha value is -1.86. The van der Waals surface area contributed by atoms with Crippen molar-refractivity contribution in [1.82, 2.24) is 24.4 Å². The van der Waals surface area contributed by atoms with E-state index in [1.165, 1.54) is 24.6 Å². The van der Waals surface area contributed by atoms with Crippen LogP contribution in [0.15, 0.2) is 22.1 Å². The Balaban J connectivity index is 1.19. The predicted octanol–water partition coefficient (Wildman–Crippen LogP) is 1.68. The molecular formula is C26H40N6O4S2. The van der Waals surface area contributed by atoms with Crippen molar-refractivity contribution in [2.75, 3.05) is 60.0 Å². The van der Waals surface area contributed by atoms with Crippen LogP contribution in [0.5, 0.6) is 5.75 Å². The topological polar surface area (TPSA) is 97.8 Å². The van der Waals surface area contributed by atoms with Crippen LogP contribution in [-0.2, 0) is 14.8 Å². The van der Waals surface area contributed by atoms with Crippen molar-refractivity contribution in [3.63, 3.8) is 0 Å². The summed E-state index contributed by atoms with van der Waals surface area (Å²) in [6.07, 6.45) is 4.06. The number of amides is 1. The van der Waals surface area contributed by atoms with E-state index in [0.29, 0.717) is 32.9 Å². The molecule has 38 heavy (non-hydrogen) atoms. The summed E-state index contributed by atoms with van der Waals surface area (Å²) in [6, 6.07) is 4.10. The molecule has 1 aromatic rings. The Bertz CT molecular complexity index is 1150. The van der Waals surface area contributed by atoms with Gasteiger partial charge < -0.3 is 14.5 Å². The van der Waals surface area contributed by atoms with Crippen molar-refractivity contribution in [2.24, 2.45) is 5.10 Å². The number of aryl methyl sites for hydroxylation is 2. The molecule has 0 bridgehead atoms. The maximum Gasteiger partial charge on any atom is 0.257 e. The highest BCUT2D eigenvalue weighted by atomic mass is 32.2. The molecule has 1 aliphatic carbocycles. The molecule has 1 atom stereocenters. The number of likely N-dealkylation sites (tertiary alicyclic amines) is 1. The minimum absolute atomic E-state index is 0.0273. The first-order valence-corrected chi connectivity index (χ1v) is 15.9. The number of carbonyl (C=O) groups excluding carboxylic acids is 1. The molecule has 2 saturated heterocycles. The third-order valence-corrected chi connectivity index (χ3v) is 11.3. The standard InChI is InChI=1S/C26H40N6O4S2/c1-18-15-22(36-4)16-19(2)24(18)38(34,35)32(21-5-6-21)17-23-27-28-25(37-23)26(33)31-13-11-30(12-14-31)20-7-9-29(3)10-8-20/h15-16,20-21,25,28H,5-14,17H2,1-4H3. The van der Waals surface area contributed by atoms with Crippen molar-refractivity contribution in [2.45, 2.75) is 61.9 Å². The Morgan fingerprint density at radius 2 is 1.71 bits per heavy atom. The molecule has 0 spiro atoms.